The number of hydrogen-bond donors (Lipinski definition) is 1. The molecule has 1 N–H and O–H groups in total. The number of carbonyl (C=O) groups is 1. The zero-order chi connectivity index (χ0) is 25.4. The number of fused-ring (bicyclic) bond motifs is 1. The first-order valence-corrected chi connectivity index (χ1v) is 11.8. The topological polar surface area (TPSA) is 82.5 Å². The van der Waals surface area contributed by atoms with Gasteiger partial charge in [0, 0.05) is 65.0 Å². The standard InChI is InChI=1S/C27H23ClFN5O2/c1-3-24(36)33-10-12-34(13-11-33)27-19-15-21(28)20(25-22(29)7-4-8-23(25)35)14-18(19)26(31-32-27)17-6-5-9-30-16(17)2/h3-9,14-15,35H,1,10-13H2,2H3. The molecule has 0 bridgehead atoms. The third-order valence-corrected chi connectivity index (χ3v) is 6.75. The Hall–Kier alpha value is -4.04. The lowest BCUT2D eigenvalue weighted by Gasteiger charge is -2.35. The van der Waals surface area contributed by atoms with E-state index < -0.39 is 5.82 Å². The number of phenols is 1. The van der Waals surface area contributed by atoms with E-state index >= 15 is 0 Å². The zero-order valence-corrected chi connectivity index (χ0v) is 20.3. The molecule has 1 aliphatic heterocycles. The number of rotatable bonds is 4. The van der Waals surface area contributed by atoms with Crippen molar-refractivity contribution in [3.63, 3.8) is 0 Å². The number of carbonyl (C=O) groups excluding carboxylic acids is 1. The number of piperazine rings is 1. The predicted octanol–water partition coefficient (Wildman–Crippen LogP) is 5.00. The first-order chi connectivity index (χ1) is 17.4. The van der Waals surface area contributed by atoms with E-state index in [2.05, 4.69) is 26.7 Å². The molecule has 1 aliphatic rings. The van der Waals surface area contributed by atoms with Gasteiger partial charge in [0.25, 0.3) is 0 Å². The maximum atomic E-state index is 14.8. The highest BCUT2D eigenvalue weighted by molar-refractivity contribution is 6.34. The number of hydrogen-bond acceptors (Lipinski definition) is 6. The molecule has 1 amide bonds. The van der Waals surface area contributed by atoms with Crippen molar-refractivity contribution in [1.82, 2.24) is 20.1 Å². The zero-order valence-electron chi connectivity index (χ0n) is 19.6. The van der Waals surface area contributed by atoms with Gasteiger partial charge in [0.1, 0.15) is 17.3 Å². The van der Waals surface area contributed by atoms with Crippen molar-refractivity contribution in [2.75, 3.05) is 31.1 Å². The van der Waals surface area contributed by atoms with E-state index in [0.29, 0.717) is 48.6 Å². The lowest BCUT2D eigenvalue weighted by Crippen LogP contribution is -2.48. The van der Waals surface area contributed by atoms with Gasteiger partial charge in [-0.3, -0.25) is 9.78 Å². The van der Waals surface area contributed by atoms with Gasteiger partial charge in [-0.15, -0.1) is 10.2 Å². The van der Waals surface area contributed by atoms with Crippen LogP contribution in [0.4, 0.5) is 10.2 Å². The first-order valence-electron chi connectivity index (χ1n) is 11.4. The predicted molar refractivity (Wildman–Crippen MR) is 139 cm³/mol. The van der Waals surface area contributed by atoms with Crippen LogP contribution >= 0.6 is 11.6 Å². The third-order valence-electron chi connectivity index (χ3n) is 6.44. The maximum Gasteiger partial charge on any atom is 0.246 e. The molecule has 36 heavy (non-hydrogen) atoms. The van der Waals surface area contributed by atoms with E-state index in [9.17, 15) is 14.3 Å². The quantitative estimate of drug-likeness (QED) is 0.395. The summed E-state index contributed by atoms with van der Waals surface area (Å²) in [6.07, 6.45) is 3.02. The summed E-state index contributed by atoms with van der Waals surface area (Å²) in [5, 5.41) is 21.3. The molecular weight excluding hydrogens is 481 g/mol. The average Bonchev–Trinajstić information content (AvgIpc) is 2.88. The van der Waals surface area contributed by atoms with Crippen LogP contribution in [-0.4, -0.2) is 57.3 Å². The summed E-state index contributed by atoms with van der Waals surface area (Å²) in [5.74, 6) is -0.279. The van der Waals surface area contributed by atoms with Crippen molar-refractivity contribution < 1.29 is 14.3 Å². The average molecular weight is 504 g/mol. The minimum absolute atomic E-state index is 0.0215. The Morgan fingerprint density at radius 2 is 1.86 bits per heavy atom. The van der Waals surface area contributed by atoms with Crippen molar-refractivity contribution in [3.05, 3.63) is 77.9 Å². The van der Waals surface area contributed by atoms with Gasteiger partial charge >= 0.3 is 0 Å². The van der Waals surface area contributed by atoms with Crippen LogP contribution in [-0.2, 0) is 4.79 Å². The van der Waals surface area contributed by atoms with Crippen LogP contribution < -0.4 is 4.90 Å². The molecule has 9 heteroatoms. The highest BCUT2D eigenvalue weighted by atomic mass is 35.5. The Bertz CT molecular complexity index is 1480. The lowest BCUT2D eigenvalue weighted by molar-refractivity contribution is -0.126. The van der Waals surface area contributed by atoms with Crippen LogP contribution in [0.1, 0.15) is 5.69 Å². The first kappa shape index (κ1) is 23.7. The summed E-state index contributed by atoms with van der Waals surface area (Å²) < 4.78 is 14.8. The van der Waals surface area contributed by atoms with Crippen molar-refractivity contribution >= 4 is 34.1 Å². The molecule has 0 atom stereocenters. The van der Waals surface area contributed by atoms with E-state index in [0.717, 1.165) is 16.6 Å². The maximum absolute atomic E-state index is 14.8. The largest absolute Gasteiger partial charge is 0.507 e. The van der Waals surface area contributed by atoms with Crippen LogP contribution in [0.25, 0.3) is 33.2 Å². The number of benzene rings is 2. The van der Waals surface area contributed by atoms with Crippen LogP contribution in [0, 0.1) is 12.7 Å². The van der Waals surface area contributed by atoms with E-state index in [-0.39, 0.29) is 22.2 Å². The molecule has 0 saturated carbocycles. The van der Waals surface area contributed by atoms with Crippen molar-refractivity contribution in [1.29, 1.82) is 0 Å². The Morgan fingerprint density at radius 3 is 2.56 bits per heavy atom. The molecule has 3 heterocycles. The second kappa shape index (κ2) is 9.54. The number of aromatic hydroxyl groups is 1. The minimum Gasteiger partial charge on any atom is -0.507 e. The number of anilines is 1. The van der Waals surface area contributed by atoms with Gasteiger partial charge in [0.2, 0.25) is 5.91 Å². The normalized spacial score (nSPS) is 13.8. The molecule has 5 rings (SSSR count). The summed E-state index contributed by atoms with van der Waals surface area (Å²) in [4.78, 5) is 20.2. The van der Waals surface area contributed by atoms with Crippen LogP contribution in [0.15, 0.2) is 61.3 Å². The molecule has 0 radical (unpaired) electrons. The third kappa shape index (κ3) is 4.13. The van der Waals surface area contributed by atoms with E-state index in [1.165, 1.54) is 24.3 Å². The smallest absolute Gasteiger partial charge is 0.246 e. The molecule has 2 aromatic heterocycles. The molecule has 1 fully saturated rings. The number of amides is 1. The van der Waals surface area contributed by atoms with Crippen LogP contribution in [0.3, 0.4) is 0 Å². The molecular formula is C27H23ClFN5O2. The number of nitrogens with zero attached hydrogens (tertiary/aromatic N) is 5. The summed E-state index contributed by atoms with van der Waals surface area (Å²) in [6.45, 7) is 7.60. The fourth-order valence-electron chi connectivity index (χ4n) is 4.57. The second-order valence-corrected chi connectivity index (χ2v) is 8.94. The Kier molecular flexibility index (Phi) is 6.28. The highest BCUT2D eigenvalue weighted by Crippen LogP contribution is 2.42. The molecule has 0 aliphatic carbocycles. The van der Waals surface area contributed by atoms with Gasteiger partial charge in [-0.25, -0.2) is 4.39 Å². The van der Waals surface area contributed by atoms with Gasteiger partial charge in [-0.05, 0) is 49.4 Å². The molecule has 0 unspecified atom stereocenters. The van der Waals surface area contributed by atoms with E-state index in [4.69, 9.17) is 11.6 Å². The summed E-state index contributed by atoms with van der Waals surface area (Å²) in [7, 11) is 0. The molecule has 182 valence electrons. The molecule has 0 spiro atoms. The Balaban J connectivity index is 1.70. The fourth-order valence-corrected chi connectivity index (χ4v) is 4.82. The molecule has 2 aromatic carbocycles. The van der Waals surface area contributed by atoms with Gasteiger partial charge in [0.05, 0.1) is 5.56 Å². The number of aromatic nitrogens is 3. The van der Waals surface area contributed by atoms with Crippen LogP contribution in [0.5, 0.6) is 5.75 Å². The van der Waals surface area contributed by atoms with E-state index in [1.54, 1.807) is 23.2 Å². The summed E-state index contributed by atoms with van der Waals surface area (Å²) >= 11 is 6.68. The summed E-state index contributed by atoms with van der Waals surface area (Å²) in [6, 6.07) is 11.3. The Morgan fingerprint density at radius 1 is 1.08 bits per heavy atom. The number of aryl methyl sites for hydroxylation is 1. The second-order valence-electron chi connectivity index (χ2n) is 8.54. The molecule has 4 aromatic rings. The SMILES string of the molecule is C=CC(=O)N1CCN(c2nnc(-c3cccnc3C)c3cc(-c4c(O)cccc4F)c(Cl)cc23)CC1. The lowest BCUT2D eigenvalue weighted by atomic mass is 9.97. The molecule has 7 nitrogen and oxygen atoms in total. The van der Waals surface area contributed by atoms with Crippen molar-refractivity contribution in [2.45, 2.75) is 6.92 Å². The van der Waals surface area contributed by atoms with Crippen LogP contribution in [0.2, 0.25) is 5.02 Å². The van der Waals surface area contributed by atoms with Crippen molar-refractivity contribution in [2.24, 2.45) is 0 Å². The number of pyridine rings is 1. The molecule has 1 saturated heterocycles. The fraction of sp³-hybridized carbons (Fsp3) is 0.185. The Labute approximate surface area is 212 Å². The monoisotopic (exact) mass is 503 g/mol. The van der Waals surface area contributed by atoms with Gasteiger partial charge in [-0.2, -0.15) is 0 Å². The van der Waals surface area contributed by atoms with Crippen molar-refractivity contribution in [3.8, 4) is 28.1 Å². The van der Waals surface area contributed by atoms with Gasteiger partial charge < -0.3 is 14.9 Å². The number of phenolic OH excluding ortho intramolecular Hbond substituents is 1. The van der Waals surface area contributed by atoms with E-state index in [1.807, 2.05) is 19.1 Å². The summed E-state index contributed by atoms with van der Waals surface area (Å²) in [5.41, 5.74) is 2.50. The number of halogens is 2. The minimum atomic E-state index is -0.583. The van der Waals surface area contributed by atoms with Gasteiger partial charge in [0.15, 0.2) is 5.82 Å². The highest BCUT2D eigenvalue weighted by Gasteiger charge is 2.25. The van der Waals surface area contributed by atoms with Gasteiger partial charge in [-0.1, -0.05) is 24.2 Å².